The van der Waals surface area contributed by atoms with Crippen LogP contribution in [0.15, 0.2) is 24.3 Å². The number of carbonyl (C=O) groups excluding carboxylic acids is 1. The smallest absolute Gasteiger partial charge is 0.337 e. The molecule has 1 aromatic rings. The third-order valence-electron chi connectivity index (χ3n) is 2.89. The van der Waals surface area contributed by atoms with E-state index in [1.54, 1.807) is 6.92 Å². The highest BCUT2D eigenvalue weighted by atomic mass is 16.5. The van der Waals surface area contributed by atoms with Gasteiger partial charge in [-0.3, -0.25) is 5.32 Å². The number of hydrogen-bond donors (Lipinski definition) is 2. The number of nitrogens with two attached hydrogens (primary N) is 1. The van der Waals surface area contributed by atoms with Crippen LogP contribution in [0.2, 0.25) is 0 Å². The maximum absolute atomic E-state index is 11.3. The van der Waals surface area contributed by atoms with Gasteiger partial charge in [0.05, 0.1) is 6.61 Å². The molecule has 0 spiro atoms. The summed E-state index contributed by atoms with van der Waals surface area (Å²) in [4.78, 5) is 11.3. The SMILES string of the molecule is CCOC(=O)C(N)NCc1ccc(C(C)(C)C)cc1. The van der Waals surface area contributed by atoms with Gasteiger partial charge in [0.2, 0.25) is 0 Å². The van der Waals surface area contributed by atoms with Crippen molar-refractivity contribution in [2.75, 3.05) is 6.61 Å². The molecule has 4 heteroatoms. The van der Waals surface area contributed by atoms with Crippen molar-refractivity contribution >= 4 is 5.97 Å². The van der Waals surface area contributed by atoms with Gasteiger partial charge in [-0.25, -0.2) is 4.79 Å². The van der Waals surface area contributed by atoms with Crippen molar-refractivity contribution in [3.8, 4) is 0 Å². The van der Waals surface area contributed by atoms with E-state index in [0.29, 0.717) is 13.2 Å². The summed E-state index contributed by atoms with van der Waals surface area (Å²) in [6.07, 6.45) is -0.776. The highest BCUT2D eigenvalue weighted by Crippen LogP contribution is 2.22. The lowest BCUT2D eigenvalue weighted by Gasteiger charge is -2.19. The summed E-state index contributed by atoms with van der Waals surface area (Å²) in [6, 6.07) is 8.30. The zero-order valence-corrected chi connectivity index (χ0v) is 12.2. The molecule has 19 heavy (non-hydrogen) atoms. The zero-order chi connectivity index (χ0) is 14.5. The maximum atomic E-state index is 11.3. The number of ether oxygens (including phenoxy) is 1. The van der Waals surface area contributed by atoms with Gasteiger partial charge < -0.3 is 10.5 Å². The van der Waals surface area contributed by atoms with E-state index in [9.17, 15) is 4.79 Å². The average molecular weight is 264 g/mol. The fourth-order valence-corrected chi connectivity index (χ4v) is 1.67. The van der Waals surface area contributed by atoms with Crippen molar-refractivity contribution < 1.29 is 9.53 Å². The lowest BCUT2D eigenvalue weighted by atomic mass is 9.87. The predicted octanol–water partition coefficient (Wildman–Crippen LogP) is 1.92. The third-order valence-corrected chi connectivity index (χ3v) is 2.89. The molecule has 1 unspecified atom stereocenters. The number of nitrogens with one attached hydrogen (secondary N) is 1. The topological polar surface area (TPSA) is 64.3 Å². The van der Waals surface area contributed by atoms with Crippen LogP contribution >= 0.6 is 0 Å². The quantitative estimate of drug-likeness (QED) is 0.630. The average Bonchev–Trinajstić information content (AvgIpc) is 2.35. The maximum Gasteiger partial charge on any atom is 0.337 e. The van der Waals surface area contributed by atoms with Crippen LogP contribution in [-0.4, -0.2) is 18.7 Å². The monoisotopic (exact) mass is 264 g/mol. The Kier molecular flexibility index (Phi) is 5.51. The van der Waals surface area contributed by atoms with E-state index in [1.165, 1.54) is 5.56 Å². The molecular formula is C15H24N2O2. The van der Waals surface area contributed by atoms with Crippen molar-refractivity contribution in [1.82, 2.24) is 5.32 Å². The Morgan fingerprint density at radius 3 is 2.37 bits per heavy atom. The summed E-state index contributed by atoms with van der Waals surface area (Å²) in [5, 5.41) is 2.94. The molecular weight excluding hydrogens is 240 g/mol. The molecule has 0 fully saturated rings. The van der Waals surface area contributed by atoms with Crippen molar-refractivity contribution in [3.63, 3.8) is 0 Å². The molecule has 1 aromatic carbocycles. The first-order valence-corrected chi connectivity index (χ1v) is 6.59. The van der Waals surface area contributed by atoms with Crippen LogP contribution in [0.5, 0.6) is 0 Å². The summed E-state index contributed by atoms with van der Waals surface area (Å²) in [6.45, 7) is 9.18. The normalized spacial score (nSPS) is 13.1. The first-order chi connectivity index (χ1) is 8.84. The minimum Gasteiger partial charge on any atom is -0.464 e. The Hall–Kier alpha value is -1.39. The van der Waals surface area contributed by atoms with Gasteiger partial charge in [-0.15, -0.1) is 0 Å². The summed E-state index contributed by atoms with van der Waals surface area (Å²) in [5.41, 5.74) is 8.18. The molecule has 0 amide bonds. The van der Waals surface area contributed by atoms with Crippen LogP contribution in [0.25, 0.3) is 0 Å². The zero-order valence-electron chi connectivity index (χ0n) is 12.2. The van der Waals surface area contributed by atoms with Gasteiger partial charge in [0.15, 0.2) is 6.17 Å². The van der Waals surface area contributed by atoms with Crippen molar-refractivity contribution in [1.29, 1.82) is 0 Å². The van der Waals surface area contributed by atoms with E-state index in [1.807, 2.05) is 12.1 Å². The number of hydrogen-bond acceptors (Lipinski definition) is 4. The van der Waals surface area contributed by atoms with Crippen molar-refractivity contribution in [2.45, 2.75) is 45.8 Å². The van der Waals surface area contributed by atoms with Gasteiger partial charge in [-0.05, 0) is 23.5 Å². The van der Waals surface area contributed by atoms with E-state index in [-0.39, 0.29) is 5.41 Å². The number of benzene rings is 1. The largest absolute Gasteiger partial charge is 0.464 e. The Bertz CT molecular complexity index is 407. The van der Waals surface area contributed by atoms with E-state index in [4.69, 9.17) is 10.5 Å². The van der Waals surface area contributed by atoms with Gasteiger partial charge in [-0.2, -0.15) is 0 Å². The van der Waals surface area contributed by atoms with Crippen LogP contribution in [0, 0.1) is 0 Å². The Labute approximate surface area is 115 Å². The fraction of sp³-hybridized carbons (Fsp3) is 0.533. The minimum absolute atomic E-state index is 0.146. The van der Waals surface area contributed by atoms with Crippen molar-refractivity contribution in [3.05, 3.63) is 35.4 Å². The molecule has 0 aromatic heterocycles. The predicted molar refractivity (Wildman–Crippen MR) is 76.6 cm³/mol. The van der Waals surface area contributed by atoms with Crippen LogP contribution in [0.1, 0.15) is 38.8 Å². The number of esters is 1. The van der Waals surface area contributed by atoms with Gasteiger partial charge in [0.25, 0.3) is 0 Å². The van der Waals surface area contributed by atoms with Gasteiger partial charge in [0, 0.05) is 6.54 Å². The molecule has 0 radical (unpaired) electrons. The molecule has 106 valence electrons. The highest BCUT2D eigenvalue weighted by molar-refractivity contribution is 5.74. The van der Waals surface area contributed by atoms with Crippen LogP contribution in [0.4, 0.5) is 0 Å². The second-order valence-electron chi connectivity index (χ2n) is 5.56. The molecule has 0 bridgehead atoms. The summed E-state index contributed by atoms with van der Waals surface area (Å²) in [5.74, 6) is -0.422. The molecule has 4 nitrogen and oxygen atoms in total. The number of rotatable bonds is 5. The molecule has 0 aliphatic heterocycles. The second kappa shape index (κ2) is 6.68. The van der Waals surface area contributed by atoms with E-state index >= 15 is 0 Å². The highest BCUT2D eigenvalue weighted by Gasteiger charge is 2.14. The third kappa shape index (κ3) is 5.01. The minimum atomic E-state index is -0.776. The van der Waals surface area contributed by atoms with Crippen LogP contribution in [-0.2, 0) is 21.5 Å². The summed E-state index contributed by atoms with van der Waals surface area (Å²) in [7, 11) is 0. The van der Waals surface area contributed by atoms with Crippen molar-refractivity contribution in [2.24, 2.45) is 5.73 Å². The molecule has 0 aliphatic rings. The standard InChI is InChI=1S/C15H24N2O2/c1-5-19-14(18)13(16)17-10-11-6-8-12(9-7-11)15(2,3)4/h6-9,13,17H,5,10,16H2,1-4H3. The Balaban J connectivity index is 2.53. The molecule has 0 heterocycles. The molecule has 0 saturated carbocycles. The van der Waals surface area contributed by atoms with Gasteiger partial charge in [-0.1, -0.05) is 45.0 Å². The molecule has 0 saturated heterocycles. The second-order valence-corrected chi connectivity index (χ2v) is 5.56. The summed E-state index contributed by atoms with van der Waals surface area (Å²) < 4.78 is 4.83. The van der Waals surface area contributed by atoms with E-state index in [2.05, 4.69) is 38.2 Å². The fourth-order valence-electron chi connectivity index (χ4n) is 1.67. The molecule has 1 rings (SSSR count). The molecule has 0 aliphatic carbocycles. The Morgan fingerprint density at radius 1 is 1.32 bits per heavy atom. The van der Waals surface area contributed by atoms with Gasteiger partial charge >= 0.3 is 5.97 Å². The van der Waals surface area contributed by atoms with E-state index < -0.39 is 12.1 Å². The van der Waals surface area contributed by atoms with E-state index in [0.717, 1.165) is 5.56 Å². The Morgan fingerprint density at radius 2 is 1.89 bits per heavy atom. The van der Waals surface area contributed by atoms with Crippen LogP contribution in [0.3, 0.4) is 0 Å². The first kappa shape index (κ1) is 15.7. The molecule has 3 N–H and O–H groups in total. The van der Waals surface area contributed by atoms with Gasteiger partial charge in [0.1, 0.15) is 0 Å². The molecule has 1 atom stereocenters. The number of carbonyl (C=O) groups is 1. The lowest BCUT2D eigenvalue weighted by molar-refractivity contribution is -0.145. The van der Waals surface area contributed by atoms with Crippen LogP contribution < -0.4 is 11.1 Å². The summed E-state index contributed by atoms with van der Waals surface area (Å²) >= 11 is 0. The lowest BCUT2D eigenvalue weighted by Crippen LogP contribution is -2.44. The first-order valence-electron chi connectivity index (χ1n) is 6.59.